The molecular formula is C21H24BrNO3S. The molecule has 27 heavy (non-hydrogen) atoms. The fourth-order valence-corrected chi connectivity index (χ4v) is 5.46. The number of sulfone groups is 1. The smallest absolute Gasteiger partial charge is 0.209 e. The van der Waals surface area contributed by atoms with Crippen LogP contribution in [0.5, 0.6) is 5.75 Å². The Morgan fingerprint density at radius 3 is 2.37 bits per heavy atom. The number of alkyl halides is 1. The van der Waals surface area contributed by atoms with E-state index in [0.29, 0.717) is 17.3 Å². The van der Waals surface area contributed by atoms with Crippen molar-refractivity contribution < 1.29 is 13.2 Å². The maximum absolute atomic E-state index is 13.5. The topological polar surface area (TPSA) is 48.3 Å². The molecule has 0 aliphatic rings. The van der Waals surface area contributed by atoms with Crippen LogP contribution in [0.3, 0.4) is 0 Å². The predicted molar refractivity (Wildman–Crippen MR) is 113 cm³/mol. The highest BCUT2D eigenvalue weighted by molar-refractivity contribution is 9.09. The molecule has 0 unspecified atom stereocenters. The third-order valence-corrected chi connectivity index (χ3v) is 7.02. The summed E-state index contributed by atoms with van der Waals surface area (Å²) in [5, 5.41) is 1.64. The SMILES string of the molecule is CC(C)c1c(S(=O)(=O)c2ccc(OCCCBr)cc2)c2ccccc2n1C. The van der Waals surface area contributed by atoms with Gasteiger partial charge in [-0.2, -0.15) is 0 Å². The van der Waals surface area contributed by atoms with Crippen molar-refractivity contribution in [3.8, 4) is 5.75 Å². The van der Waals surface area contributed by atoms with E-state index in [1.54, 1.807) is 24.3 Å². The molecular weight excluding hydrogens is 426 g/mol. The molecule has 0 spiro atoms. The lowest BCUT2D eigenvalue weighted by molar-refractivity contribution is 0.319. The summed E-state index contributed by atoms with van der Waals surface area (Å²) in [4.78, 5) is 0.692. The van der Waals surface area contributed by atoms with Crippen LogP contribution < -0.4 is 4.74 Å². The second-order valence-corrected chi connectivity index (χ2v) is 9.49. The second-order valence-electron chi connectivity index (χ2n) is 6.81. The highest BCUT2D eigenvalue weighted by atomic mass is 79.9. The van der Waals surface area contributed by atoms with Crippen LogP contribution in [0, 0.1) is 0 Å². The van der Waals surface area contributed by atoms with Gasteiger partial charge >= 0.3 is 0 Å². The first kappa shape index (κ1) is 20.0. The highest BCUT2D eigenvalue weighted by Gasteiger charge is 2.29. The van der Waals surface area contributed by atoms with Crippen LogP contribution >= 0.6 is 15.9 Å². The van der Waals surface area contributed by atoms with E-state index in [0.717, 1.165) is 28.3 Å². The number of aryl methyl sites for hydroxylation is 1. The lowest BCUT2D eigenvalue weighted by Crippen LogP contribution is -2.08. The number of nitrogens with zero attached hydrogens (tertiary/aromatic N) is 1. The van der Waals surface area contributed by atoms with Crippen LogP contribution in [0.2, 0.25) is 0 Å². The van der Waals surface area contributed by atoms with E-state index in [-0.39, 0.29) is 10.8 Å². The number of ether oxygens (including phenoxy) is 1. The summed E-state index contributed by atoms with van der Waals surface area (Å²) in [6.07, 6.45) is 0.897. The first-order valence-corrected chi connectivity index (χ1v) is 11.6. The van der Waals surface area contributed by atoms with E-state index < -0.39 is 9.84 Å². The average molecular weight is 450 g/mol. The van der Waals surface area contributed by atoms with Gasteiger partial charge < -0.3 is 9.30 Å². The molecule has 0 saturated carbocycles. The Kier molecular flexibility index (Phi) is 5.96. The monoisotopic (exact) mass is 449 g/mol. The van der Waals surface area contributed by atoms with Crippen LogP contribution in [0.1, 0.15) is 31.9 Å². The molecule has 1 aromatic heterocycles. The Morgan fingerprint density at radius 1 is 1.07 bits per heavy atom. The fraction of sp³-hybridized carbons (Fsp3) is 0.333. The summed E-state index contributed by atoms with van der Waals surface area (Å²) in [5.74, 6) is 0.760. The van der Waals surface area contributed by atoms with Crippen LogP contribution in [0.15, 0.2) is 58.3 Å². The molecule has 0 bridgehead atoms. The lowest BCUT2D eigenvalue weighted by Gasteiger charge is -2.13. The standard InChI is InChI=1S/C21H24BrNO3S/c1-15(2)20-21(18-7-4-5-8-19(18)23(20)3)27(24,25)17-11-9-16(10-12-17)26-14-6-13-22/h4-5,7-12,15H,6,13-14H2,1-3H3. The Labute approximate surface area is 169 Å². The molecule has 0 saturated heterocycles. The minimum atomic E-state index is -3.65. The normalized spacial score (nSPS) is 12.0. The van der Waals surface area contributed by atoms with E-state index in [1.807, 2.05) is 49.7 Å². The largest absolute Gasteiger partial charge is 0.494 e. The van der Waals surface area contributed by atoms with Gasteiger partial charge in [0.25, 0.3) is 0 Å². The maximum atomic E-state index is 13.5. The van der Waals surface area contributed by atoms with Crippen molar-refractivity contribution >= 4 is 36.7 Å². The van der Waals surface area contributed by atoms with Gasteiger partial charge in [-0.3, -0.25) is 0 Å². The number of fused-ring (bicyclic) bond motifs is 1. The Balaban J connectivity index is 2.09. The summed E-state index contributed by atoms with van der Waals surface area (Å²) in [6.45, 7) is 4.64. The molecule has 6 heteroatoms. The van der Waals surface area contributed by atoms with Crippen LogP contribution in [-0.2, 0) is 16.9 Å². The van der Waals surface area contributed by atoms with E-state index in [4.69, 9.17) is 4.74 Å². The zero-order valence-electron chi connectivity index (χ0n) is 15.8. The fourth-order valence-electron chi connectivity index (χ4n) is 3.39. The molecule has 0 fully saturated rings. The van der Waals surface area contributed by atoms with Crippen LogP contribution in [0.4, 0.5) is 0 Å². The molecule has 144 valence electrons. The molecule has 4 nitrogen and oxygen atoms in total. The van der Waals surface area contributed by atoms with Gasteiger partial charge in [-0.1, -0.05) is 48.0 Å². The van der Waals surface area contributed by atoms with Crippen molar-refractivity contribution in [2.45, 2.75) is 36.0 Å². The minimum Gasteiger partial charge on any atom is -0.494 e. The van der Waals surface area contributed by atoms with Gasteiger partial charge in [0.1, 0.15) is 10.6 Å². The van der Waals surface area contributed by atoms with Crippen molar-refractivity contribution in [1.29, 1.82) is 0 Å². The van der Waals surface area contributed by atoms with E-state index in [9.17, 15) is 8.42 Å². The number of halogens is 1. The molecule has 0 aliphatic heterocycles. The third-order valence-electron chi connectivity index (χ3n) is 4.60. The minimum absolute atomic E-state index is 0.0824. The Hall–Kier alpha value is -1.79. The Bertz CT molecular complexity index is 1040. The van der Waals surface area contributed by atoms with Crippen molar-refractivity contribution in [1.82, 2.24) is 4.57 Å². The zero-order chi connectivity index (χ0) is 19.6. The molecule has 3 aromatic rings. The molecule has 1 heterocycles. The molecule has 3 rings (SSSR count). The van der Waals surface area contributed by atoms with Crippen molar-refractivity contribution in [3.05, 3.63) is 54.2 Å². The predicted octanol–water partition coefficient (Wildman–Crippen LogP) is 5.30. The summed E-state index contributed by atoms with van der Waals surface area (Å²) in [6, 6.07) is 14.4. The second kappa shape index (κ2) is 8.07. The summed E-state index contributed by atoms with van der Waals surface area (Å²) >= 11 is 3.37. The first-order valence-electron chi connectivity index (χ1n) is 8.99. The molecule has 2 aromatic carbocycles. The number of rotatable bonds is 7. The van der Waals surface area contributed by atoms with Crippen LogP contribution in [0.25, 0.3) is 10.9 Å². The lowest BCUT2D eigenvalue weighted by atomic mass is 10.1. The molecule has 0 N–H and O–H groups in total. The number of hydrogen-bond donors (Lipinski definition) is 0. The van der Waals surface area contributed by atoms with Crippen molar-refractivity contribution in [3.63, 3.8) is 0 Å². The van der Waals surface area contributed by atoms with Gasteiger partial charge in [0.2, 0.25) is 9.84 Å². The van der Waals surface area contributed by atoms with E-state index in [2.05, 4.69) is 15.9 Å². The van der Waals surface area contributed by atoms with Gasteiger partial charge in [-0.25, -0.2) is 8.42 Å². The van der Waals surface area contributed by atoms with Crippen molar-refractivity contribution in [2.75, 3.05) is 11.9 Å². The summed E-state index contributed by atoms with van der Waals surface area (Å²) in [7, 11) is -1.72. The zero-order valence-corrected chi connectivity index (χ0v) is 18.2. The molecule has 0 atom stereocenters. The number of aromatic nitrogens is 1. The van der Waals surface area contributed by atoms with Gasteiger partial charge in [-0.05, 0) is 42.7 Å². The number of hydrogen-bond acceptors (Lipinski definition) is 3. The van der Waals surface area contributed by atoms with Crippen molar-refractivity contribution in [2.24, 2.45) is 7.05 Å². The summed E-state index contributed by atoms with van der Waals surface area (Å²) in [5.41, 5.74) is 1.75. The van der Waals surface area contributed by atoms with Gasteiger partial charge in [0, 0.05) is 29.0 Å². The maximum Gasteiger partial charge on any atom is 0.209 e. The Morgan fingerprint density at radius 2 is 1.74 bits per heavy atom. The molecule has 0 amide bonds. The highest BCUT2D eigenvalue weighted by Crippen LogP contribution is 2.37. The number of para-hydroxylation sites is 1. The molecule has 0 radical (unpaired) electrons. The summed E-state index contributed by atoms with van der Waals surface area (Å²) < 4.78 is 34.6. The van der Waals surface area contributed by atoms with Gasteiger partial charge in [-0.15, -0.1) is 0 Å². The van der Waals surface area contributed by atoms with E-state index in [1.165, 1.54) is 0 Å². The number of benzene rings is 2. The molecule has 0 aliphatic carbocycles. The van der Waals surface area contributed by atoms with Gasteiger partial charge in [0.15, 0.2) is 0 Å². The van der Waals surface area contributed by atoms with E-state index >= 15 is 0 Å². The average Bonchev–Trinajstić information content (AvgIpc) is 2.96. The van der Waals surface area contributed by atoms with Crippen LogP contribution in [-0.4, -0.2) is 24.9 Å². The quantitative estimate of drug-likeness (QED) is 0.363. The third kappa shape index (κ3) is 3.78. The van der Waals surface area contributed by atoms with Gasteiger partial charge in [0.05, 0.1) is 11.5 Å². The first-order chi connectivity index (χ1) is 12.9.